The van der Waals surface area contributed by atoms with E-state index in [0.29, 0.717) is 24.7 Å². The van der Waals surface area contributed by atoms with Gasteiger partial charge < -0.3 is 5.32 Å². The highest BCUT2D eigenvalue weighted by molar-refractivity contribution is 5.80. The third kappa shape index (κ3) is 3.48. The second kappa shape index (κ2) is 5.13. The predicted octanol–water partition coefficient (Wildman–Crippen LogP) is 1.52. The molecule has 1 saturated carbocycles. The average Bonchev–Trinajstić information content (AvgIpc) is 2.14. The van der Waals surface area contributed by atoms with Crippen molar-refractivity contribution in [1.82, 2.24) is 5.32 Å². The van der Waals surface area contributed by atoms with Gasteiger partial charge in [0.2, 0.25) is 5.91 Å². The maximum absolute atomic E-state index is 11.3. The summed E-state index contributed by atoms with van der Waals surface area (Å²) in [5.74, 6) is 0.844. The molecule has 0 aromatic carbocycles. The fourth-order valence-electron chi connectivity index (χ4n) is 1.74. The number of carbonyl (C=O) groups excluding carboxylic acids is 2. The molecule has 0 aliphatic heterocycles. The van der Waals surface area contributed by atoms with Crippen LogP contribution in [0, 0.1) is 11.8 Å². The van der Waals surface area contributed by atoms with Crippen molar-refractivity contribution in [3.05, 3.63) is 0 Å². The van der Waals surface area contributed by atoms with Crippen LogP contribution in [-0.2, 0) is 9.59 Å². The van der Waals surface area contributed by atoms with Crippen molar-refractivity contribution in [3.8, 4) is 0 Å². The fraction of sp³-hybridized carbons (Fsp3) is 0.818. The first-order valence-electron chi connectivity index (χ1n) is 5.39. The van der Waals surface area contributed by atoms with E-state index in [9.17, 15) is 9.59 Å². The van der Waals surface area contributed by atoms with E-state index in [2.05, 4.69) is 5.32 Å². The Hall–Kier alpha value is -0.860. The van der Waals surface area contributed by atoms with Gasteiger partial charge in [-0.3, -0.25) is 9.59 Å². The quantitative estimate of drug-likeness (QED) is 0.745. The summed E-state index contributed by atoms with van der Waals surface area (Å²) in [7, 11) is 0. The van der Waals surface area contributed by atoms with Gasteiger partial charge in [0.1, 0.15) is 5.78 Å². The monoisotopic (exact) mass is 197 g/mol. The minimum absolute atomic E-state index is 0.0364. The lowest BCUT2D eigenvalue weighted by Crippen LogP contribution is -2.34. The summed E-state index contributed by atoms with van der Waals surface area (Å²) in [6, 6.07) is 0. The lowest BCUT2D eigenvalue weighted by atomic mass is 9.88. The Morgan fingerprint density at radius 2 is 2.29 bits per heavy atom. The van der Waals surface area contributed by atoms with Gasteiger partial charge in [0, 0.05) is 25.3 Å². The van der Waals surface area contributed by atoms with Gasteiger partial charge in [-0.25, -0.2) is 0 Å². The first-order valence-corrected chi connectivity index (χ1v) is 5.39. The van der Waals surface area contributed by atoms with Gasteiger partial charge in [-0.2, -0.15) is 0 Å². The SMILES string of the molecule is CC(C)C(=O)NCC1CCCC(=O)C1. The van der Waals surface area contributed by atoms with Crippen LogP contribution in [0.15, 0.2) is 0 Å². The van der Waals surface area contributed by atoms with Crippen LogP contribution in [-0.4, -0.2) is 18.2 Å². The molecule has 1 aliphatic carbocycles. The molecule has 0 spiro atoms. The molecule has 1 aliphatic rings. The number of Topliss-reactive ketones (excluding diaryl/α,β-unsaturated/α-hetero) is 1. The third-order valence-electron chi connectivity index (χ3n) is 2.67. The van der Waals surface area contributed by atoms with E-state index >= 15 is 0 Å². The summed E-state index contributed by atoms with van der Waals surface area (Å²) in [5, 5.41) is 2.88. The number of ketones is 1. The van der Waals surface area contributed by atoms with Gasteiger partial charge in [0.25, 0.3) is 0 Å². The standard InChI is InChI=1S/C11H19NO2/c1-8(2)11(14)12-7-9-4-3-5-10(13)6-9/h8-9H,3-7H2,1-2H3,(H,12,14). The number of hydrogen-bond acceptors (Lipinski definition) is 2. The highest BCUT2D eigenvalue weighted by Crippen LogP contribution is 2.20. The molecule has 1 atom stereocenters. The van der Waals surface area contributed by atoms with Crippen LogP contribution in [0.25, 0.3) is 0 Å². The summed E-state index contributed by atoms with van der Waals surface area (Å²) in [5.41, 5.74) is 0. The van der Waals surface area contributed by atoms with E-state index < -0.39 is 0 Å². The molecule has 1 amide bonds. The Balaban J connectivity index is 2.24. The molecule has 1 N–H and O–H groups in total. The molecular formula is C11H19NO2. The first-order chi connectivity index (χ1) is 6.59. The van der Waals surface area contributed by atoms with E-state index in [0.717, 1.165) is 19.3 Å². The molecule has 0 aromatic rings. The minimum atomic E-state index is 0.0364. The maximum atomic E-state index is 11.3. The van der Waals surface area contributed by atoms with Crippen molar-refractivity contribution in [2.45, 2.75) is 39.5 Å². The molecule has 0 heterocycles. The lowest BCUT2D eigenvalue weighted by Gasteiger charge is -2.21. The van der Waals surface area contributed by atoms with E-state index in [-0.39, 0.29) is 11.8 Å². The van der Waals surface area contributed by atoms with E-state index in [4.69, 9.17) is 0 Å². The normalized spacial score (nSPS) is 22.5. The molecule has 1 rings (SSSR count). The summed E-state index contributed by atoms with van der Waals surface area (Å²) >= 11 is 0. The minimum Gasteiger partial charge on any atom is -0.356 e. The van der Waals surface area contributed by atoms with E-state index in [1.165, 1.54) is 0 Å². The van der Waals surface area contributed by atoms with Gasteiger partial charge in [-0.15, -0.1) is 0 Å². The molecule has 14 heavy (non-hydrogen) atoms. The zero-order chi connectivity index (χ0) is 10.6. The number of rotatable bonds is 3. The summed E-state index contributed by atoms with van der Waals surface area (Å²) in [6.07, 6.45) is 3.44. The Kier molecular flexibility index (Phi) is 4.11. The van der Waals surface area contributed by atoms with E-state index in [1.54, 1.807) is 0 Å². The molecular weight excluding hydrogens is 178 g/mol. The van der Waals surface area contributed by atoms with Crippen molar-refractivity contribution in [2.75, 3.05) is 6.54 Å². The number of hydrogen-bond donors (Lipinski definition) is 1. The molecule has 0 bridgehead atoms. The third-order valence-corrected chi connectivity index (χ3v) is 2.67. The average molecular weight is 197 g/mol. The highest BCUT2D eigenvalue weighted by Gasteiger charge is 2.20. The zero-order valence-electron chi connectivity index (χ0n) is 9.01. The van der Waals surface area contributed by atoms with Crippen LogP contribution in [0.5, 0.6) is 0 Å². The molecule has 0 saturated heterocycles. The summed E-state index contributed by atoms with van der Waals surface area (Å²) in [6.45, 7) is 4.42. The molecule has 80 valence electrons. The van der Waals surface area contributed by atoms with Crippen molar-refractivity contribution in [2.24, 2.45) is 11.8 Å². The van der Waals surface area contributed by atoms with Gasteiger partial charge in [0.15, 0.2) is 0 Å². The van der Waals surface area contributed by atoms with Crippen LogP contribution in [0.2, 0.25) is 0 Å². The largest absolute Gasteiger partial charge is 0.356 e. The van der Waals surface area contributed by atoms with Crippen molar-refractivity contribution in [3.63, 3.8) is 0 Å². The van der Waals surface area contributed by atoms with Crippen LogP contribution in [0.1, 0.15) is 39.5 Å². The topological polar surface area (TPSA) is 46.2 Å². The predicted molar refractivity (Wildman–Crippen MR) is 54.8 cm³/mol. The van der Waals surface area contributed by atoms with Gasteiger partial charge in [0.05, 0.1) is 0 Å². The lowest BCUT2D eigenvalue weighted by molar-refractivity contribution is -0.125. The molecule has 3 heteroatoms. The Bertz CT molecular complexity index is 223. The molecule has 1 fully saturated rings. The van der Waals surface area contributed by atoms with Gasteiger partial charge in [-0.1, -0.05) is 13.8 Å². The second-order valence-corrected chi connectivity index (χ2v) is 4.40. The van der Waals surface area contributed by atoms with Crippen LogP contribution in [0.4, 0.5) is 0 Å². The molecule has 1 unspecified atom stereocenters. The van der Waals surface area contributed by atoms with Gasteiger partial charge >= 0.3 is 0 Å². The number of nitrogens with one attached hydrogen (secondary N) is 1. The molecule has 3 nitrogen and oxygen atoms in total. The Morgan fingerprint density at radius 1 is 1.57 bits per heavy atom. The zero-order valence-corrected chi connectivity index (χ0v) is 9.01. The smallest absolute Gasteiger partial charge is 0.222 e. The number of amides is 1. The second-order valence-electron chi connectivity index (χ2n) is 4.40. The maximum Gasteiger partial charge on any atom is 0.222 e. The summed E-state index contributed by atoms with van der Waals surface area (Å²) < 4.78 is 0. The van der Waals surface area contributed by atoms with Crippen LogP contribution in [0.3, 0.4) is 0 Å². The fourth-order valence-corrected chi connectivity index (χ4v) is 1.74. The van der Waals surface area contributed by atoms with E-state index in [1.807, 2.05) is 13.8 Å². The van der Waals surface area contributed by atoms with Crippen molar-refractivity contribution in [1.29, 1.82) is 0 Å². The first kappa shape index (κ1) is 11.2. The Morgan fingerprint density at radius 3 is 2.86 bits per heavy atom. The Labute approximate surface area is 85.3 Å². The molecule has 0 radical (unpaired) electrons. The van der Waals surface area contributed by atoms with Crippen LogP contribution < -0.4 is 5.32 Å². The van der Waals surface area contributed by atoms with Crippen molar-refractivity contribution < 1.29 is 9.59 Å². The number of carbonyl (C=O) groups is 2. The summed E-state index contributed by atoms with van der Waals surface area (Å²) in [4.78, 5) is 22.4. The molecule has 0 aromatic heterocycles. The van der Waals surface area contributed by atoms with Crippen LogP contribution >= 0.6 is 0 Å². The van der Waals surface area contributed by atoms with Crippen molar-refractivity contribution >= 4 is 11.7 Å². The highest BCUT2D eigenvalue weighted by atomic mass is 16.1. The van der Waals surface area contributed by atoms with Gasteiger partial charge in [-0.05, 0) is 18.8 Å².